The van der Waals surface area contributed by atoms with Gasteiger partial charge in [0.25, 0.3) is 0 Å². The average Bonchev–Trinajstić information content (AvgIpc) is 2.45. The topological polar surface area (TPSA) is 29.5 Å². The summed E-state index contributed by atoms with van der Waals surface area (Å²) in [4.78, 5) is 14.3. The Bertz CT molecular complexity index is 209. The van der Waals surface area contributed by atoms with E-state index in [9.17, 15) is 4.79 Å². The molecule has 0 unspecified atom stereocenters. The van der Waals surface area contributed by atoms with Crippen molar-refractivity contribution in [3.05, 3.63) is 0 Å². The fraction of sp³-hybridized carbons (Fsp3) is 0.941. The zero-order valence-electron chi connectivity index (χ0n) is 14.0. The minimum atomic E-state index is 0.272. The van der Waals surface area contributed by atoms with Crippen LogP contribution in [0.3, 0.4) is 0 Å². The third-order valence-corrected chi connectivity index (χ3v) is 3.52. The molecule has 0 radical (unpaired) electrons. The number of rotatable bonds is 14. The first kappa shape index (κ1) is 19.4. The van der Waals surface area contributed by atoms with E-state index in [0.717, 1.165) is 45.4 Å². The third kappa shape index (κ3) is 11.3. The quantitative estimate of drug-likeness (QED) is 0.443. The lowest BCUT2D eigenvalue weighted by Gasteiger charge is -2.22. The fourth-order valence-electron chi connectivity index (χ4n) is 2.13. The van der Waals surface area contributed by atoms with Crippen LogP contribution >= 0.6 is 0 Å². The summed E-state index contributed by atoms with van der Waals surface area (Å²) in [6.07, 6.45) is 9.88. The van der Waals surface area contributed by atoms with Gasteiger partial charge in [0.1, 0.15) is 0 Å². The largest absolute Gasteiger partial charge is 0.381 e. The van der Waals surface area contributed by atoms with Crippen molar-refractivity contribution in [3.8, 4) is 0 Å². The van der Waals surface area contributed by atoms with Gasteiger partial charge in [-0.1, -0.05) is 52.9 Å². The molecule has 0 N–H and O–H groups in total. The molecule has 0 heterocycles. The van der Waals surface area contributed by atoms with Crippen LogP contribution < -0.4 is 0 Å². The highest BCUT2D eigenvalue weighted by molar-refractivity contribution is 5.76. The van der Waals surface area contributed by atoms with E-state index in [4.69, 9.17) is 4.74 Å². The molecule has 0 bridgehead atoms. The maximum atomic E-state index is 12.2. The van der Waals surface area contributed by atoms with E-state index < -0.39 is 0 Å². The lowest BCUT2D eigenvalue weighted by molar-refractivity contribution is -0.132. The normalized spacial score (nSPS) is 10.8. The van der Waals surface area contributed by atoms with Crippen molar-refractivity contribution in [2.45, 2.75) is 78.6 Å². The highest BCUT2D eigenvalue weighted by atomic mass is 16.5. The van der Waals surface area contributed by atoms with Gasteiger partial charge < -0.3 is 9.64 Å². The maximum absolute atomic E-state index is 12.2. The van der Waals surface area contributed by atoms with Gasteiger partial charge >= 0.3 is 0 Å². The predicted octanol–water partition coefficient (Wildman–Crippen LogP) is 4.40. The molecule has 0 aliphatic heterocycles. The molecule has 0 aliphatic carbocycles. The van der Waals surface area contributed by atoms with E-state index >= 15 is 0 Å². The summed E-state index contributed by atoms with van der Waals surface area (Å²) in [6.45, 7) is 9.76. The molecule has 0 aromatic carbocycles. The molecule has 0 rings (SSSR count). The summed E-state index contributed by atoms with van der Waals surface area (Å²) in [7, 11) is 0. The standard InChI is InChI=1S/C17H35NO2/c1-4-7-10-13-18(14-11-8-5-2)17(19)12-16-20-15-9-6-3/h4-16H2,1-3H3. The Balaban J connectivity index is 3.91. The Morgan fingerprint density at radius 2 is 1.35 bits per heavy atom. The van der Waals surface area contributed by atoms with Crippen molar-refractivity contribution in [1.82, 2.24) is 4.90 Å². The van der Waals surface area contributed by atoms with Crippen molar-refractivity contribution in [3.63, 3.8) is 0 Å². The second-order valence-corrected chi connectivity index (χ2v) is 5.51. The fourth-order valence-corrected chi connectivity index (χ4v) is 2.13. The van der Waals surface area contributed by atoms with Gasteiger partial charge in [0.15, 0.2) is 0 Å². The number of carbonyl (C=O) groups excluding carboxylic acids is 1. The molecule has 0 atom stereocenters. The predicted molar refractivity (Wildman–Crippen MR) is 86.0 cm³/mol. The van der Waals surface area contributed by atoms with Crippen LogP contribution in [0, 0.1) is 0 Å². The van der Waals surface area contributed by atoms with Crippen LogP contribution in [0.1, 0.15) is 78.6 Å². The Morgan fingerprint density at radius 3 is 1.85 bits per heavy atom. The van der Waals surface area contributed by atoms with Crippen LogP contribution in [0.4, 0.5) is 0 Å². The van der Waals surface area contributed by atoms with Gasteiger partial charge in [0, 0.05) is 19.7 Å². The summed E-state index contributed by atoms with van der Waals surface area (Å²) >= 11 is 0. The molecule has 1 amide bonds. The second kappa shape index (κ2) is 14.8. The smallest absolute Gasteiger partial charge is 0.224 e. The highest BCUT2D eigenvalue weighted by Gasteiger charge is 2.12. The molecule has 0 aromatic heterocycles. The first-order valence-electron chi connectivity index (χ1n) is 8.61. The van der Waals surface area contributed by atoms with Crippen molar-refractivity contribution >= 4 is 5.91 Å². The molecule has 0 fully saturated rings. The molecular formula is C17H35NO2. The SMILES string of the molecule is CCCCCN(CCCCC)C(=O)CCOCCCC. The van der Waals surface area contributed by atoms with Crippen molar-refractivity contribution in [2.75, 3.05) is 26.3 Å². The summed E-state index contributed by atoms with van der Waals surface area (Å²) in [6, 6.07) is 0. The molecule has 3 nitrogen and oxygen atoms in total. The Labute approximate surface area is 126 Å². The number of unbranched alkanes of at least 4 members (excludes halogenated alkanes) is 5. The number of carbonyl (C=O) groups is 1. The van der Waals surface area contributed by atoms with Gasteiger partial charge in [0.05, 0.1) is 13.0 Å². The molecule has 3 heteroatoms. The molecule has 20 heavy (non-hydrogen) atoms. The summed E-state index contributed by atoms with van der Waals surface area (Å²) < 4.78 is 5.50. The number of amides is 1. The van der Waals surface area contributed by atoms with E-state index in [1.54, 1.807) is 0 Å². The van der Waals surface area contributed by atoms with Crippen LogP contribution in [0.2, 0.25) is 0 Å². The maximum Gasteiger partial charge on any atom is 0.224 e. The first-order valence-corrected chi connectivity index (χ1v) is 8.61. The minimum Gasteiger partial charge on any atom is -0.381 e. The van der Waals surface area contributed by atoms with E-state index in [1.165, 1.54) is 25.7 Å². The van der Waals surface area contributed by atoms with Gasteiger partial charge in [-0.05, 0) is 19.3 Å². The number of nitrogens with zero attached hydrogens (tertiary/aromatic N) is 1. The molecule has 0 aliphatic rings. The van der Waals surface area contributed by atoms with Gasteiger partial charge in [-0.15, -0.1) is 0 Å². The van der Waals surface area contributed by atoms with Gasteiger partial charge in [-0.25, -0.2) is 0 Å². The van der Waals surface area contributed by atoms with Crippen molar-refractivity contribution in [1.29, 1.82) is 0 Å². The van der Waals surface area contributed by atoms with Crippen molar-refractivity contribution in [2.24, 2.45) is 0 Å². The highest BCUT2D eigenvalue weighted by Crippen LogP contribution is 2.05. The van der Waals surface area contributed by atoms with E-state index in [2.05, 4.69) is 25.7 Å². The van der Waals surface area contributed by atoms with Gasteiger partial charge in [-0.3, -0.25) is 4.79 Å². The summed E-state index contributed by atoms with van der Waals surface area (Å²) in [5, 5.41) is 0. The Kier molecular flexibility index (Phi) is 14.4. The number of hydrogen-bond acceptors (Lipinski definition) is 2. The van der Waals surface area contributed by atoms with E-state index in [0.29, 0.717) is 13.0 Å². The van der Waals surface area contributed by atoms with Gasteiger partial charge in [0.2, 0.25) is 5.91 Å². The van der Waals surface area contributed by atoms with Crippen LogP contribution in [0.15, 0.2) is 0 Å². The van der Waals surface area contributed by atoms with E-state index in [-0.39, 0.29) is 5.91 Å². The monoisotopic (exact) mass is 285 g/mol. The first-order chi connectivity index (χ1) is 9.76. The summed E-state index contributed by atoms with van der Waals surface area (Å²) in [5.74, 6) is 0.272. The second-order valence-electron chi connectivity index (χ2n) is 5.51. The molecular weight excluding hydrogens is 250 g/mol. The van der Waals surface area contributed by atoms with Crippen LogP contribution in [-0.2, 0) is 9.53 Å². The van der Waals surface area contributed by atoms with E-state index in [1.807, 2.05) is 0 Å². The van der Waals surface area contributed by atoms with Gasteiger partial charge in [-0.2, -0.15) is 0 Å². The zero-order chi connectivity index (χ0) is 15.1. The zero-order valence-corrected chi connectivity index (χ0v) is 14.0. The summed E-state index contributed by atoms with van der Waals surface area (Å²) in [5.41, 5.74) is 0. The molecule has 120 valence electrons. The average molecular weight is 285 g/mol. The molecule has 0 spiro atoms. The Hall–Kier alpha value is -0.570. The molecule has 0 saturated carbocycles. The number of hydrogen-bond donors (Lipinski definition) is 0. The number of ether oxygens (including phenoxy) is 1. The molecule has 0 aromatic rings. The van der Waals surface area contributed by atoms with Crippen molar-refractivity contribution < 1.29 is 9.53 Å². The third-order valence-electron chi connectivity index (χ3n) is 3.52. The van der Waals surface area contributed by atoms with Crippen LogP contribution in [-0.4, -0.2) is 37.1 Å². The molecule has 0 saturated heterocycles. The van der Waals surface area contributed by atoms with Crippen LogP contribution in [0.25, 0.3) is 0 Å². The lowest BCUT2D eigenvalue weighted by Crippen LogP contribution is -2.33. The Morgan fingerprint density at radius 1 is 0.800 bits per heavy atom. The lowest BCUT2D eigenvalue weighted by atomic mass is 10.2. The van der Waals surface area contributed by atoms with Crippen LogP contribution in [0.5, 0.6) is 0 Å². The minimum absolute atomic E-state index is 0.272.